The molecule has 6 rings (SSSR count). The Balaban J connectivity index is 1.33. The number of para-hydroxylation sites is 1. The van der Waals surface area contributed by atoms with Crippen LogP contribution in [0.25, 0.3) is 44.7 Å². The molecule has 0 bridgehead atoms. The van der Waals surface area contributed by atoms with E-state index in [-0.39, 0.29) is 5.91 Å². The van der Waals surface area contributed by atoms with Crippen molar-refractivity contribution < 1.29 is 4.79 Å². The lowest BCUT2D eigenvalue weighted by atomic mass is 10.1. The number of amides is 1. The number of anilines is 2. The Kier molecular flexibility index (Phi) is 6.47. The number of hydrogen-bond acceptors (Lipinski definition) is 7. The zero-order valence-corrected chi connectivity index (χ0v) is 21.7. The lowest BCUT2D eigenvalue weighted by molar-refractivity contribution is -0.116. The largest absolute Gasteiger partial charge is 0.367 e. The number of unbranched alkanes of at least 4 members (excludes halogenated alkanes) is 1. The van der Waals surface area contributed by atoms with E-state index in [0.717, 1.165) is 83.6 Å². The van der Waals surface area contributed by atoms with E-state index in [2.05, 4.69) is 72.4 Å². The summed E-state index contributed by atoms with van der Waals surface area (Å²) in [6.07, 6.45) is 7.51. The molecule has 1 aliphatic rings. The molecule has 10 nitrogen and oxygen atoms in total. The standard InChI is InChI=1S/C28H31N9O/c1-3-4-8-25(38)31-19-13-18(15-29-16-19)22-14-20-23(17-30-22)34-35-26(20)28-32-21-6-5-7-24(27(21)33-28)37-11-9-36(2)10-12-37/h5-7,13-17H,3-4,8-12H2,1-2H3,(H,31,38)(H,32,33)(H,34,35). The molecule has 38 heavy (non-hydrogen) atoms. The van der Waals surface area contributed by atoms with Gasteiger partial charge in [0, 0.05) is 49.7 Å². The van der Waals surface area contributed by atoms with E-state index in [1.807, 2.05) is 12.1 Å². The lowest BCUT2D eigenvalue weighted by Gasteiger charge is -2.34. The first-order chi connectivity index (χ1) is 18.6. The van der Waals surface area contributed by atoms with Gasteiger partial charge < -0.3 is 20.1 Å². The number of nitrogens with zero attached hydrogens (tertiary/aromatic N) is 6. The second kappa shape index (κ2) is 10.2. The molecule has 0 aliphatic carbocycles. The van der Waals surface area contributed by atoms with E-state index < -0.39 is 0 Å². The molecule has 4 aromatic heterocycles. The van der Waals surface area contributed by atoms with Gasteiger partial charge in [-0.25, -0.2) is 4.98 Å². The Bertz CT molecular complexity index is 1600. The normalized spacial score (nSPS) is 14.4. The molecule has 1 saturated heterocycles. The number of imidazole rings is 1. The SMILES string of the molecule is CCCCC(=O)Nc1cncc(-c2cc3c(-c4nc5c(N6CCN(C)CC6)cccc5[nH]4)n[nH]c3cn2)c1. The summed E-state index contributed by atoms with van der Waals surface area (Å²) in [5.74, 6) is 0.701. The highest BCUT2D eigenvalue weighted by atomic mass is 16.1. The lowest BCUT2D eigenvalue weighted by Crippen LogP contribution is -2.44. The number of fused-ring (bicyclic) bond motifs is 2. The molecule has 3 N–H and O–H groups in total. The van der Waals surface area contributed by atoms with E-state index in [4.69, 9.17) is 4.98 Å². The molecule has 10 heteroatoms. The molecule has 1 aliphatic heterocycles. The van der Waals surface area contributed by atoms with Crippen LogP contribution in [-0.2, 0) is 4.79 Å². The molecule has 0 saturated carbocycles. The van der Waals surface area contributed by atoms with Crippen molar-refractivity contribution in [2.75, 3.05) is 43.4 Å². The number of H-pyrrole nitrogens is 2. The van der Waals surface area contributed by atoms with Crippen molar-refractivity contribution in [2.24, 2.45) is 0 Å². The number of carbonyl (C=O) groups is 1. The predicted octanol–water partition coefficient (Wildman–Crippen LogP) is 4.44. The van der Waals surface area contributed by atoms with Crippen LogP contribution in [0.2, 0.25) is 0 Å². The molecule has 0 atom stereocenters. The molecule has 194 valence electrons. The van der Waals surface area contributed by atoms with Gasteiger partial charge in [-0.15, -0.1) is 0 Å². The fourth-order valence-corrected chi connectivity index (χ4v) is 4.90. The number of hydrogen-bond donors (Lipinski definition) is 3. The second-order valence-corrected chi connectivity index (χ2v) is 9.85. The maximum Gasteiger partial charge on any atom is 0.224 e. The quantitative estimate of drug-likeness (QED) is 0.297. The zero-order chi connectivity index (χ0) is 26.1. The van der Waals surface area contributed by atoms with Crippen molar-refractivity contribution in [3.8, 4) is 22.8 Å². The van der Waals surface area contributed by atoms with Crippen molar-refractivity contribution in [1.82, 2.24) is 35.0 Å². The fraction of sp³-hybridized carbons (Fsp3) is 0.321. The number of aromatic nitrogens is 6. The third kappa shape index (κ3) is 4.70. The topological polar surface area (TPSA) is 119 Å². The van der Waals surface area contributed by atoms with Crippen LogP contribution in [0.4, 0.5) is 11.4 Å². The van der Waals surface area contributed by atoms with Gasteiger partial charge in [-0.3, -0.25) is 19.9 Å². The van der Waals surface area contributed by atoms with Crippen molar-refractivity contribution >= 4 is 39.2 Å². The van der Waals surface area contributed by atoms with Crippen LogP contribution in [0, 0.1) is 0 Å². The summed E-state index contributed by atoms with van der Waals surface area (Å²) in [5.41, 5.74) is 6.85. The molecule has 0 unspecified atom stereocenters. The van der Waals surface area contributed by atoms with Gasteiger partial charge in [0.05, 0.1) is 40.5 Å². The summed E-state index contributed by atoms with van der Waals surface area (Å²) in [4.78, 5) is 34.4. The summed E-state index contributed by atoms with van der Waals surface area (Å²) in [5, 5.41) is 11.5. The number of benzene rings is 1. The molecular formula is C28H31N9O. The van der Waals surface area contributed by atoms with Crippen LogP contribution in [-0.4, -0.2) is 74.2 Å². The maximum atomic E-state index is 12.2. The highest BCUT2D eigenvalue weighted by Crippen LogP contribution is 2.32. The van der Waals surface area contributed by atoms with Crippen LogP contribution in [0.15, 0.2) is 48.9 Å². The Morgan fingerprint density at radius 3 is 2.79 bits per heavy atom. The van der Waals surface area contributed by atoms with E-state index in [1.54, 1.807) is 18.6 Å². The van der Waals surface area contributed by atoms with Gasteiger partial charge in [0.1, 0.15) is 11.2 Å². The minimum absolute atomic E-state index is 0.00726. The fourth-order valence-electron chi connectivity index (χ4n) is 4.90. The maximum absolute atomic E-state index is 12.2. The molecule has 5 aromatic rings. The summed E-state index contributed by atoms with van der Waals surface area (Å²) in [6.45, 7) is 6.09. The van der Waals surface area contributed by atoms with Crippen LogP contribution in [0.3, 0.4) is 0 Å². The second-order valence-electron chi connectivity index (χ2n) is 9.85. The first-order valence-corrected chi connectivity index (χ1v) is 13.1. The first-order valence-electron chi connectivity index (χ1n) is 13.1. The summed E-state index contributed by atoms with van der Waals surface area (Å²) in [7, 11) is 2.16. The number of nitrogens with one attached hydrogen (secondary N) is 3. The van der Waals surface area contributed by atoms with Crippen LogP contribution in [0.1, 0.15) is 26.2 Å². The highest BCUT2D eigenvalue weighted by molar-refractivity contribution is 5.97. The summed E-state index contributed by atoms with van der Waals surface area (Å²) in [6, 6.07) is 10.2. The van der Waals surface area contributed by atoms with Gasteiger partial charge >= 0.3 is 0 Å². The van der Waals surface area contributed by atoms with Gasteiger partial charge in [-0.2, -0.15) is 5.10 Å². The van der Waals surface area contributed by atoms with Gasteiger partial charge in [0.25, 0.3) is 0 Å². The number of aromatic amines is 2. The van der Waals surface area contributed by atoms with Crippen molar-refractivity contribution in [3.05, 3.63) is 48.9 Å². The number of carbonyl (C=O) groups excluding carboxylic acids is 1. The van der Waals surface area contributed by atoms with E-state index in [1.165, 1.54) is 0 Å². The van der Waals surface area contributed by atoms with E-state index >= 15 is 0 Å². The Morgan fingerprint density at radius 1 is 1.08 bits per heavy atom. The molecule has 5 heterocycles. The first kappa shape index (κ1) is 24.1. The van der Waals surface area contributed by atoms with Gasteiger partial charge in [-0.05, 0) is 37.7 Å². The van der Waals surface area contributed by atoms with Crippen molar-refractivity contribution in [1.29, 1.82) is 0 Å². The minimum atomic E-state index is -0.00726. The molecule has 0 spiro atoms. The minimum Gasteiger partial charge on any atom is -0.367 e. The zero-order valence-electron chi connectivity index (χ0n) is 21.7. The third-order valence-corrected chi connectivity index (χ3v) is 7.08. The Hall–Kier alpha value is -4.31. The van der Waals surface area contributed by atoms with Crippen LogP contribution in [0.5, 0.6) is 0 Å². The predicted molar refractivity (Wildman–Crippen MR) is 150 cm³/mol. The Labute approximate surface area is 220 Å². The van der Waals surface area contributed by atoms with Crippen molar-refractivity contribution in [3.63, 3.8) is 0 Å². The summed E-state index contributed by atoms with van der Waals surface area (Å²) >= 11 is 0. The molecular weight excluding hydrogens is 478 g/mol. The number of pyridine rings is 2. The third-order valence-electron chi connectivity index (χ3n) is 7.08. The average molecular weight is 510 g/mol. The van der Waals surface area contributed by atoms with Crippen LogP contribution < -0.4 is 10.2 Å². The van der Waals surface area contributed by atoms with Gasteiger partial charge in [-0.1, -0.05) is 19.4 Å². The average Bonchev–Trinajstić information content (AvgIpc) is 3.56. The van der Waals surface area contributed by atoms with E-state index in [9.17, 15) is 4.79 Å². The molecule has 1 aromatic carbocycles. The van der Waals surface area contributed by atoms with Crippen LogP contribution >= 0.6 is 0 Å². The molecule has 1 fully saturated rings. The number of piperazine rings is 1. The van der Waals surface area contributed by atoms with Gasteiger partial charge in [0.2, 0.25) is 5.91 Å². The highest BCUT2D eigenvalue weighted by Gasteiger charge is 2.20. The van der Waals surface area contributed by atoms with Crippen molar-refractivity contribution in [2.45, 2.75) is 26.2 Å². The Morgan fingerprint density at radius 2 is 1.95 bits per heavy atom. The molecule has 0 radical (unpaired) electrons. The molecule has 1 amide bonds. The number of rotatable bonds is 7. The summed E-state index contributed by atoms with van der Waals surface area (Å²) < 4.78 is 0. The monoisotopic (exact) mass is 509 g/mol. The van der Waals surface area contributed by atoms with E-state index in [0.29, 0.717) is 17.9 Å². The van der Waals surface area contributed by atoms with Gasteiger partial charge in [0.15, 0.2) is 5.82 Å². The smallest absolute Gasteiger partial charge is 0.224 e. The number of likely N-dealkylation sites (N-methyl/N-ethyl adjacent to an activating group) is 1.